The quantitative estimate of drug-likeness (QED) is 0.604. The van der Waals surface area contributed by atoms with Gasteiger partial charge in [0.1, 0.15) is 0 Å². The van der Waals surface area contributed by atoms with E-state index in [1.54, 1.807) is 6.07 Å². The van der Waals surface area contributed by atoms with E-state index in [2.05, 4.69) is 9.97 Å². The highest BCUT2D eigenvalue weighted by Crippen LogP contribution is 2.13. The van der Waals surface area contributed by atoms with Crippen molar-refractivity contribution < 1.29 is 0 Å². The zero-order chi connectivity index (χ0) is 9.97. The summed E-state index contributed by atoms with van der Waals surface area (Å²) in [4.78, 5) is 18.6. The predicted molar refractivity (Wildman–Crippen MR) is 58.8 cm³/mol. The summed E-state index contributed by atoms with van der Waals surface area (Å²) in [6, 6.07) is 7.35. The Labute approximate surface area is 85.6 Å². The largest absolute Gasteiger partial charge is 0.301 e. The van der Waals surface area contributed by atoms with Crippen LogP contribution < -0.4 is 5.56 Å². The number of para-hydroxylation sites is 1. The first-order valence-corrected chi connectivity index (χ1v) is 5.41. The number of thioether (sulfide) groups is 1. The van der Waals surface area contributed by atoms with Gasteiger partial charge in [-0.05, 0) is 17.9 Å². The minimum absolute atomic E-state index is 0.0634. The number of benzene rings is 1. The highest BCUT2D eigenvalue weighted by Gasteiger charge is 2.01. The molecule has 14 heavy (non-hydrogen) atoms. The van der Waals surface area contributed by atoms with E-state index in [0.717, 1.165) is 11.3 Å². The van der Waals surface area contributed by atoms with E-state index < -0.39 is 0 Å². The molecular formula is C10H10N2OS. The van der Waals surface area contributed by atoms with Crippen molar-refractivity contribution in [1.82, 2.24) is 9.97 Å². The van der Waals surface area contributed by atoms with Crippen LogP contribution in [0, 0.1) is 0 Å². The number of nitrogens with zero attached hydrogens (tertiary/aromatic N) is 1. The maximum absolute atomic E-state index is 11.6. The maximum atomic E-state index is 11.6. The standard InChI is InChI=1S/C10H10N2OS/c1-2-14-10-11-8-6-4-3-5-7(8)9(13)12-10/h3-6H,2H2,1H3,(H,11,12,13). The van der Waals surface area contributed by atoms with Crippen molar-refractivity contribution in [2.24, 2.45) is 0 Å². The molecule has 1 aromatic heterocycles. The van der Waals surface area contributed by atoms with Crippen LogP contribution >= 0.6 is 11.8 Å². The summed E-state index contributed by atoms with van der Waals surface area (Å²) in [7, 11) is 0. The molecule has 0 saturated carbocycles. The average Bonchev–Trinajstić information content (AvgIpc) is 2.18. The Morgan fingerprint density at radius 1 is 1.43 bits per heavy atom. The van der Waals surface area contributed by atoms with Crippen LogP contribution in [-0.4, -0.2) is 15.7 Å². The summed E-state index contributed by atoms with van der Waals surface area (Å²) in [6.45, 7) is 2.03. The lowest BCUT2D eigenvalue weighted by Gasteiger charge is -1.99. The second-order valence-corrected chi connectivity index (χ2v) is 4.07. The highest BCUT2D eigenvalue weighted by atomic mass is 32.2. The molecule has 1 aromatic carbocycles. The van der Waals surface area contributed by atoms with Crippen molar-refractivity contribution in [3.8, 4) is 0 Å². The molecule has 0 unspecified atom stereocenters. The third-order valence-corrected chi connectivity index (χ3v) is 2.63. The van der Waals surface area contributed by atoms with Crippen LogP contribution in [0.5, 0.6) is 0 Å². The number of fused-ring (bicyclic) bond motifs is 1. The van der Waals surface area contributed by atoms with Gasteiger partial charge in [0.25, 0.3) is 5.56 Å². The molecule has 0 amide bonds. The van der Waals surface area contributed by atoms with Gasteiger partial charge in [0, 0.05) is 0 Å². The van der Waals surface area contributed by atoms with Crippen LogP contribution in [-0.2, 0) is 0 Å². The highest BCUT2D eigenvalue weighted by molar-refractivity contribution is 7.99. The summed E-state index contributed by atoms with van der Waals surface area (Å²) in [5.74, 6) is 0.904. The van der Waals surface area contributed by atoms with Crippen molar-refractivity contribution in [2.45, 2.75) is 12.1 Å². The molecule has 3 nitrogen and oxygen atoms in total. The molecular weight excluding hydrogens is 196 g/mol. The van der Waals surface area contributed by atoms with Crippen molar-refractivity contribution in [2.75, 3.05) is 5.75 Å². The SMILES string of the molecule is CCSc1nc2ccccc2c(=O)[nH]1. The van der Waals surface area contributed by atoms with Crippen LogP contribution in [0.2, 0.25) is 0 Å². The first-order valence-electron chi connectivity index (χ1n) is 4.43. The number of rotatable bonds is 2. The van der Waals surface area contributed by atoms with Gasteiger partial charge in [0.15, 0.2) is 5.16 Å². The molecule has 0 bridgehead atoms. The molecule has 4 heteroatoms. The second-order valence-electron chi connectivity index (χ2n) is 2.82. The molecule has 0 atom stereocenters. The van der Waals surface area contributed by atoms with Crippen LogP contribution in [0.1, 0.15) is 6.92 Å². The van der Waals surface area contributed by atoms with Gasteiger partial charge in [-0.1, -0.05) is 30.8 Å². The molecule has 1 heterocycles. The van der Waals surface area contributed by atoms with Gasteiger partial charge in [-0.3, -0.25) is 4.79 Å². The summed E-state index contributed by atoms with van der Waals surface area (Å²) < 4.78 is 0. The molecule has 0 aliphatic rings. The van der Waals surface area contributed by atoms with Gasteiger partial charge < -0.3 is 4.98 Å². The Morgan fingerprint density at radius 3 is 3.00 bits per heavy atom. The van der Waals surface area contributed by atoms with E-state index in [1.165, 1.54) is 11.8 Å². The third-order valence-electron chi connectivity index (χ3n) is 1.87. The molecule has 0 fully saturated rings. The maximum Gasteiger partial charge on any atom is 0.259 e. The average molecular weight is 206 g/mol. The lowest BCUT2D eigenvalue weighted by atomic mass is 10.2. The Kier molecular flexibility index (Phi) is 2.54. The Balaban J connectivity index is 2.66. The predicted octanol–water partition coefficient (Wildman–Crippen LogP) is 2.04. The zero-order valence-corrected chi connectivity index (χ0v) is 8.60. The van der Waals surface area contributed by atoms with E-state index in [9.17, 15) is 4.79 Å². The fraction of sp³-hybridized carbons (Fsp3) is 0.200. The summed E-state index contributed by atoms with van der Waals surface area (Å²) in [5.41, 5.74) is 0.693. The van der Waals surface area contributed by atoms with Gasteiger partial charge in [-0.25, -0.2) is 4.98 Å². The number of aromatic nitrogens is 2. The number of hydrogen-bond acceptors (Lipinski definition) is 3. The van der Waals surface area contributed by atoms with Crippen molar-refractivity contribution >= 4 is 22.7 Å². The van der Waals surface area contributed by atoms with Crippen molar-refractivity contribution in [3.63, 3.8) is 0 Å². The van der Waals surface area contributed by atoms with Crippen LogP contribution in [0.3, 0.4) is 0 Å². The lowest BCUT2D eigenvalue weighted by molar-refractivity contribution is 0.975. The first kappa shape index (κ1) is 9.27. The number of aromatic amines is 1. The molecule has 72 valence electrons. The van der Waals surface area contributed by atoms with Gasteiger partial charge in [-0.15, -0.1) is 0 Å². The summed E-state index contributed by atoms with van der Waals surface area (Å²) in [6.07, 6.45) is 0. The molecule has 0 aliphatic carbocycles. The Hall–Kier alpha value is -1.29. The van der Waals surface area contributed by atoms with E-state index in [1.807, 2.05) is 25.1 Å². The second kappa shape index (κ2) is 3.84. The monoisotopic (exact) mass is 206 g/mol. The minimum Gasteiger partial charge on any atom is -0.301 e. The van der Waals surface area contributed by atoms with E-state index >= 15 is 0 Å². The van der Waals surface area contributed by atoms with Crippen LogP contribution in [0.4, 0.5) is 0 Å². The number of H-pyrrole nitrogens is 1. The Morgan fingerprint density at radius 2 is 2.21 bits per heavy atom. The normalized spacial score (nSPS) is 10.6. The fourth-order valence-electron chi connectivity index (χ4n) is 1.27. The molecule has 2 rings (SSSR count). The number of hydrogen-bond donors (Lipinski definition) is 1. The summed E-state index contributed by atoms with van der Waals surface area (Å²) >= 11 is 1.54. The third kappa shape index (κ3) is 1.65. The van der Waals surface area contributed by atoms with E-state index in [0.29, 0.717) is 10.5 Å². The molecule has 0 radical (unpaired) electrons. The first-order chi connectivity index (χ1) is 6.81. The van der Waals surface area contributed by atoms with Crippen LogP contribution in [0.25, 0.3) is 10.9 Å². The van der Waals surface area contributed by atoms with Gasteiger partial charge >= 0.3 is 0 Å². The van der Waals surface area contributed by atoms with E-state index in [-0.39, 0.29) is 5.56 Å². The molecule has 2 aromatic rings. The van der Waals surface area contributed by atoms with Gasteiger partial charge in [0.2, 0.25) is 0 Å². The molecule has 0 aliphatic heterocycles. The molecule has 0 saturated heterocycles. The minimum atomic E-state index is -0.0634. The van der Waals surface area contributed by atoms with Crippen molar-refractivity contribution in [1.29, 1.82) is 0 Å². The fourth-order valence-corrected chi connectivity index (χ4v) is 1.87. The van der Waals surface area contributed by atoms with Crippen LogP contribution in [0.15, 0.2) is 34.2 Å². The van der Waals surface area contributed by atoms with Gasteiger partial charge in [-0.2, -0.15) is 0 Å². The van der Waals surface area contributed by atoms with E-state index in [4.69, 9.17) is 0 Å². The smallest absolute Gasteiger partial charge is 0.259 e. The summed E-state index contributed by atoms with van der Waals surface area (Å²) in [5, 5.41) is 1.34. The van der Waals surface area contributed by atoms with Gasteiger partial charge in [0.05, 0.1) is 10.9 Å². The topological polar surface area (TPSA) is 45.8 Å². The number of nitrogens with one attached hydrogen (secondary N) is 1. The molecule has 1 N–H and O–H groups in total. The molecule has 0 spiro atoms. The lowest BCUT2D eigenvalue weighted by Crippen LogP contribution is -2.08. The zero-order valence-electron chi connectivity index (χ0n) is 7.78. The van der Waals surface area contributed by atoms with Crippen molar-refractivity contribution in [3.05, 3.63) is 34.6 Å². The Bertz CT molecular complexity index is 507.